The number of hydrogen-bond acceptors (Lipinski definition) is 2. The summed E-state index contributed by atoms with van der Waals surface area (Å²) in [5.74, 6) is 0. The van der Waals surface area contributed by atoms with Crippen LogP contribution in [0, 0.1) is 0 Å². The van der Waals surface area contributed by atoms with Crippen LogP contribution in [0.5, 0.6) is 0 Å². The number of anilines is 3. The second-order valence-corrected chi connectivity index (χ2v) is 14.8. The van der Waals surface area contributed by atoms with Gasteiger partial charge in [0.2, 0.25) is 0 Å². The van der Waals surface area contributed by atoms with Crippen LogP contribution in [0.1, 0.15) is 25.0 Å². The first-order valence-electron chi connectivity index (χ1n) is 17.0. The Labute approximate surface area is 290 Å². The van der Waals surface area contributed by atoms with Crippen molar-refractivity contribution in [3.63, 3.8) is 0 Å². The smallest absolute Gasteiger partial charge is 0.0718 e. The van der Waals surface area contributed by atoms with E-state index < -0.39 is 0 Å². The quantitative estimate of drug-likeness (QED) is 0.184. The molecule has 0 atom stereocenters. The number of rotatable bonds is 4. The number of para-hydroxylation sites is 1. The Hall–Kier alpha value is -5.70. The third-order valence-electron chi connectivity index (χ3n) is 10.6. The first-order valence-corrected chi connectivity index (χ1v) is 17.8. The van der Waals surface area contributed by atoms with E-state index in [4.69, 9.17) is 0 Å². The lowest BCUT2D eigenvalue weighted by molar-refractivity contribution is 0.660. The van der Waals surface area contributed by atoms with E-state index in [1.165, 1.54) is 86.5 Å². The van der Waals surface area contributed by atoms with Gasteiger partial charge >= 0.3 is 0 Å². The molecule has 0 aliphatic heterocycles. The third kappa shape index (κ3) is 4.24. The van der Waals surface area contributed by atoms with Crippen LogP contribution < -0.4 is 4.90 Å². The summed E-state index contributed by atoms with van der Waals surface area (Å²) in [7, 11) is 0. The lowest BCUT2D eigenvalue weighted by Gasteiger charge is -2.30. The van der Waals surface area contributed by atoms with Crippen molar-refractivity contribution in [1.82, 2.24) is 0 Å². The maximum atomic E-state index is 2.55. The van der Waals surface area contributed by atoms with Crippen molar-refractivity contribution in [3.05, 3.63) is 175 Å². The summed E-state index contributed by atoms with van der Waals surface area (Å²) >= 11 is 1.90. The van der Waals surface area contributed by atoms with E-state index in [2.05, 4.69) is 183 Å². The first kappa shape index (κ1) is 28.3. The van der Waals surface area contributed by atoms with Crippen molar-refractivity contribution in [1.29, 1.82) is 0 Å². The highest BCUT2D eigenvalue weighted by Gasteiger charge is 2.36. The molecule has 0 N–H and O–H groups in total. The standard InChI is InChI=1S/C47H33NS/c1-47(2)41-20-10-7-18-37(41)39-29-34(25-26-42(39)47)48(43-21-11-8-16-35(43)33-24-23-30-13-3-4-14-31(30)27-33)45-36-17-6-5-15-32(36)28-40-38-19-9-12-22-44(38)49-46(40)45/h3-29H,1-2H3. The van der Waals surface area contributed by atoms with E-state index in [1.54, 1.807) is 0 Å². The van der Waals surface area contributed by atoms with Gasteiger partial charge in [-0.05, 0) is 80.4 Å². The third-order valence-corrected chi connectivity index (χ3v) is 11.8. The summed E-state index contributed by atoms with van der Waals surface area (Å²) in [5.41, 5.74) is 11.3. The molecule has 2 heteroatoms. The Bertz CT molecular complexity index is 2770. The molecule has 9 aromatic rings. The van der Waals surface area contributed by atoms with Gasteiger partial charge in [0.05, 0.1) is 16.1 Å². The average molecular weight is 644 g/mol. The summed E-state index contributed by atoms with van der Waals surface area (Å²) in [6.07, 6.45) is 0. The minimum absolute atomic E-state index is 0.0591. The highest BCUT2D eigenvalue weighted by atomic mass is 32.1. The number of nitrogens with zero attached hydrogens (tertiary/aromatic N) is 1. The largest absolute Gasteiger partial charge is 0.308 e. The molecule has 0 bridgehead atoms. The Morgan fingerprint density at radius 3 is 2.02 bits per heavy atom. The van der Waals surface area contributed by atoms with Crippen LogP contribution in [0.4, 0.5) is 17.1 Å². The van der Waals surface area contributed by atoms with Gasteiger partial charge in [-0.15, -0.1) is 11.3 Å². The molecule has 1 aliphatic rings. The van der Waals surface area contributed by atoms with Gasteiger partial charge in [-0.1, -0.05) is 141 Å². The topological polar surface area (TPSA) is 3.24 Å². The fourth-order valence-corrected chi connectivity index (χ4v) is 9.46. The molecular weight excluding hydrogens is 611 g/mol. The second kappa shape index (κ2) is 10.7. The summed E-state index contributed by atoms with van der Waals surface area (Å²) < 4.78 is 2.61. The van der Waals surface area contributed by atoms with E-state index in [0.29, 0.717) is 0 Å². The van der Waals surface area contributed by atoms with Gasteiger partial charge in [0.25, 0.3) is 0 Å². The molecule has 0 fully saturated rings. The van der Waals surface area contributed by atoms with Gasteiger partial charge < -0.3 is 4.90 Å². The van der Waals surface area contributed by atoms with E-state index in [-0.39, 0.29) is 5.41 Å². The van der Waals surface area contributed by atoms with Gasteiger partial charge in [-0.2, -0.15) is 0 Å². The van der Waals surface area contributed by atoms with E-state index in [1.807, 2.05) is 11.3 Å². The van der Waals surface area contributed by atoms with Gasteiger partial charge in [0.15, 0.2) is 0 Å². The molecule has 0 radical (unpaired) electrons. The predicted molar refractivity (Wildman–Crippen MR) is 212 cm³/mol. The summed E-state index contributed by atoms with van der Waals surface area (Å²) in [6, 6.07) is 60.7. The molecule has 1 aromatic heterocycles. The molecule has 0 saturated heterocycles. The minimum atomic E-state index is -0.0591. The molecule has 0 saturated carbocycles. The average Bonchev–Trinajstić information content (AvgIpc) is 3.63. The Morgan fingerprint density at radius 1 is 0.469 bits per heavy atom. The second-order valence-electron chi connectivity index (χ2n) is 13.7. The Balaban J connectivity index is 1.32. The molecule has 232 valence electrons. The van der Waals surface area contributed by atoms with E-state index in [9.17, 15) is 0 Å². The number of fused-ring (bicyclic) bond motifs is 8. The fourth-order valence-electron chi connectivity index (χ4n) is 8.23. The molecule has 1 nitrogen and oxygen atoms in total. The SMILES string of the molecule is CC1(C)c2ccccc2-c2cc(N(c3ccccc3-c3ccc4ccccc4c3)c3c4ccccc4cc4c3sc3ccccc34)ccc21. The van der Waals surface area contributed by atoms with Crippen molar-refractivity contribution < 1.29 is 0 Å². The Morgan fingerprint density at radius 2 is 1.14 bits per heavy atom. The molecule has 1 heterocycles. The van der Waals surface area contributed by atoms with E-state index >= 15 is 0 Å². The van der Waals surface area contributed by atoms with Crippen molar-refractivity contribution in [2.45, 2.75) is 19.3 Å². The summed E-state index contributed by atoms with van der Waals surface area (Å²) in [5, 5.41) is 7.60. The lowest BCUT2D eigenvalue weighted by Crippen LogP contribution is -2.15. The zero-order valence-corrected chi connectivity index (χ0v) is 28.3. The minimum Gasteiger partial charge on any atom is -0.308 e. The number of benzene rings is 8. The molecule has 0 unspecified atom stereocenters. The van der Waals surface area contributed by atoms with Gasteiger partial charge in [0.1, 0.15) is 0 Å². The van der Waals surface area contributed by atoms with Gasteiger partial charge in [0, 0.05) is 37.5 Å². The van der Waals surface area contributed by atoms with Crippen LogP contribution in [0.2, 0.25) is 0 Å². The summed E-state index contributed by atoms with van der Waals surface area (Å²) in [6.45, 7) is 4.71. The number of hydrogen-bond donors (Lipinski definition) is 0. The highest BCUT2D eigenvalue weighted by Crippen LogP contribution is 2.54. The van der Waals surface area contributed by atoms with Gasteiger partial charge in [-0.3, -0.25) is 0 Å². The zero-order valence-electron chi connectivity index (χ0n) is 27.4. The highest BCUT2D eigenvalue weighted by molar-refractivity contribution is 7.26. The normalized spacial score (nSPS) is 13.3. The van der Waals surface area contributed by atoms with Crippen LogP contribution in [-0.2, 0) is 5.41 Å². The van der Waals surface area contributed by atoms with Crippen molar-refractivity contribution in [3.8, 4) is 22.3 Å². The van der Waals surface area contributed by atoms with Crippen LogP contribution in [-0.4, -0.2) is 0 Å². The van der Waals surface area contributed by atoms with Crippen LogP contribution in [0.15, 0.2) is 164 Å². The molecule has 0 amide bonds. The van der Waals surface area contributed by atoms with Crippen molar-refractivity contribution in [2.24, 2.45) is 0 Å². The number of thiophene rings is 1. The monoisotopic (exact) mass is 643 g/mol. The first-order chi connectivity index (χ1) is 24.1. The molecule has 10 rings (SSSR count). The maximum Gasteiger partial charge on any atom is 0.0718 e. The maximum absolute atomic E-state index is 2.55. The van der Waals surface area contributed by atoms with Crippen LogP contribution >= 0.6 is 11.3 Å². The van der Waals surface area contributed by atoms with Crippen molar-refractivity contribution in [2.75, 3.05) is 4.90 Å². The Kier molecular flexibility index (Phi) is 6.16. The molecule has 1 aliphatic carbocycles. The molecular formula is C47H33NS. The lowest BCUT2D eigenvalue weighted by atomic mass is 9.82. The molecule has 0 spiro atoms. The summed E-state index contributed by atoms with van der Waals surface area (Å²) in [4.78, 5) is 2.55. The van der Waals surface area contributed by atoms with Crippen LogP contribution in [0.3, 0.4) is 0 Å². The molecule has 49 heavy (non-hydrogen) atoms. The zero-order chi connectivity index (χ0) is 32.7. The van der Waals surface area contributed by atoms with Crippen LogP contribution in [0.25, 0.3) is 64.0 Å². The van der Waals surface area contributed by atoms with Gasteiger partial charge in [-0.25, -0.2) is 0 Å². The van der Waals surface area contributed by atoms with Crippen molar-refractivity contribution >= 4 is 70.1 Å². The predicted octanol–water partition coefficient (Wildman–Crippen LogP) is 13.8. The molecule has 8 aromatic carbocycles. The fraction of sp³-hybridized carbons (Fsp3) is 0.0638. The van der Waals surface area contributed by atoms with E-state index in [0.717, 1.165) is 5.69 Å².